The summed E-state index contributed by atoms with van der Waals surface area (Å²) >= 11 is 0. The maximum Gasteiger partial charge on any atom is 0.336 e. The Balaban J connectivity index is 2.21. The van der Waals surface area contributed by atoms with E-state index in [-0.39, 0.29) is 11.5 Å². The monoisotopic (exact) mass is 246 g/mol. The quantitative estimate of drug-likeness (QED) is 0.782. The van der Waals surface area contributed by atoms with E-state index in [1.807, 2.05) is 6.07 Å². The van der Waals surface area contributed by atoms with Gasteiger partial charge < -0.3 is 14.3 Å². The zero-order valence-electron chi connectivity index (χ0n) is 10.3. The summed E-state index contributed by atoms with van der Waals surface area (Å²) in [5.41, 5.74) is 0.259. The number of rotatable bonds is 1. The van der Waals surface area contributed by atoms with Gasteiger partial charge in [0.2, 0.25) is 0 Å². The normalized spacial score (nSPS) is 18.7. The van der Waals surface area contributed by atoms with Crippen molar-refractivity contribution in [3.63, 3.8) is 0 Å². The average Bonchev–Trinajstić information content (AvgIpc) is 2.68. The highest BCUT2D eigenvalue weighted by molar-refractivity contribution is 5.80. The molecule has 0 aliphatic carbocycles. The average molecular weight is 246 g/mol. The Hall–Kier alpha value is -1.81. The number of benzene rings is 1. The van der Waals surface area contributed by atoms with Crippen LogP contribution in [-0.4, -0.2) is 17.3 Å². The predicted molar refractivity (Wildman–Crippen MR) is 67.0 cm³/mol. The maximum atomic E-state index is 11.2. The fourth-order valence-electron chi connectivity index (χ4n) is 2.36. The van der Waals surface area contributed by atoms with Gasteiger partial charge in [-0.05, 0) is 26.0 Å². The van der Waals surface area contributed by atoms with Gasteiger partial charge in [-0.25, -0.2) is 4.79 Å². The van der Waals surface area contributed by atoms with E-state index in [9.17, 15) is 9.90 Å². The van der Waals surface area contributed by atoms with E-state index in [2.05, 4.69) is 0 Å². The van der Waals surface area contributed by atoms with Crippen LogP contribution in [0.25, 0.3) is 11.0 Å². The third-order valence-corrected chi connectivity index (χ3v) is 3.39. The molecule has 94 valence electrons. The van der Waals surface area contributed by atoms with Gasteiger partial charge in [-0.15, -0.1) is 0 Å². The summed E-state index contributed by atoms with van der Waals surface area (Å²) in [6.45, 7) is 3.98. The first-order chi connectivity index (χ1) is 8.45. The molecular formula is C14H14O4. The summed E-state index contributed by atoms with van der Waals surface area (Å²) in [5, 5.41) is 11.0. The molecule has 0 saturated carbocycles. The first-order valence-electron chi connectivity index (χ1n) is 5.88. The SMILES string of the molecule is CC(C)(O)[C@@H]1COc2cc3oc(=O)ccc3cc21. The number of hydrogen-bond donors (Lipinski definition) is 1. The van der Waals surface area contributed by atoms with E-state index in [0.29, 0.717) is 17.9 Å². The Bertz CT molecular complexity index is 664. The molecule has 0 amide bonds. The Morgan fingerprint density at radius 1 is 1.33 bits per heavy atom. The molecule has 1 aromatic heterocycles. The van der Waals surface area contributed by atoms with Crippen molar-refractivity contribution in [3.05, 3.63) is 40.2 Å². The summed E-state index contributed by atoms with van der Waals surface area (Å²) in [7, 11) is 0. The van der Waals surface area contributed by atoms with E-state index in [0.717, 1.165) is 10.9 Å². The van der Waals surface area contributed by atoms with Crippen LogP contribution >= 0.6 is 0 Å². The lowest BCUT2D eigenvalue weighted by atomic mass is 9.86. The number of aliphatic hydroxyl groups is 1. The van der Waals surface area contributed by atoms with Crippen molar-refractivity contribution in [3.8, 4) is 5.75 Å². The van der Waals surface area contributed by atoms with Gasteiger partial charge in [0.15, 0.2) is 0 Å². The molecule has 0 bridgehead atoms. The standard InChI is InChI=1S/C14H14O4/c1-14(2,16)10-7-17-12-6-11-8(5-9(10)12)3-4-13(15)18-11/h3-6,10,16H,7H2,1-2H3/t10-/m1/s1. The van der Waals surface area contributed by atoms with Gasteiger partial charge in [0.05, 0.1) is 18.1 Å². The van der Waals surface area contributed by atoms with Gasteiger partial charge >= 0.3 is 5.63 Å². The third-order valence-electron chi connectivity index (χ3n) is 3.39. The third kappa shape index (κ3) is 1.69. The topological polar surface area (TPSA) is 59.7 Å². The smallest absolute Gasteiger partial charge is 0.336 e. The molecule has 4 nitrogen and oxygen atoms in total. The zero-order chi connectivity index (χ0) is 12.9. The van der Waals surface area contributed by atoms with E-state index in [4.69, 9.17) is 9.15 Å². The fraction of sp³-hybridized carbons (Fsp3) is 0.357. The molecular weight excluding hydrogens is 232 g/mol. The molecule has 2 heterocycles. The van der Waals surface area contributed by atoms with Crippen LogP contribution in [0.3, 0.4) is 0 Å². The second-order valence-corrected chi connectivity index (χ2v) is 5.20. The summed E-state index contributed by atoms with van der Waals surface area (Å²) in [6, 6.07) is 6.76. The van der Waals surface area contributed by atoms with Crippen LogP contribution < -0.4 is 10.4 Å². The van der Waals surface area contributed by atoms with E-state index in [1.54, 1.807) is 26.0 Å². The molecule has 1 atom stereocenters. The highest BCUT2D eigenvalue weighted by Crippen LogP contribution is 2.41. The van der Waals surface area contributed by atoms with Crippen molar-refractivity contribution in [1.29, 1.82) is 0 Å². The van der Waals surface area contributed by atoms with Gasteiger partial charge in [0.1, 0.15) is 11.3 Å². The lowest BCUT2D eigenvalue weighted by Crippen LogP contribution is -2.29. The van der Waals surface area contributed by atoms with Crippen LogP contribution in [-0.2, 0) is 0 Å². The first kappa shape index (κ1) is 11.3. The van der Waals surface area contributed by atoms with Crippen LogP contribution in [0.5, 0.6) is 5.75 Å². The molecule has 3 rings (SSSR count). The van der Waals surface area contributed by atoms with E-state index in [1.165, 1.54) is 6.07 Å². The molecule has 1 N–H and O–H groups in total. The van der Waals surface area contributed by atoms with Gasteiger partial charge in [-0.2, -0.15) is 0 Å². The van der Waals surface area contributed by atoms with Crippen molar-refractivity contribution in [2.75, 3.05) is 6.61 Å². The highest BCUT2D eigenvalue weighted by atomic mass is 16.5. The molecule has 1 aliphatic rings. The van der Waals surface area contributed by atoms with Crippen molar-refractivity contribution in [2.24, 2.45) is 0 Å². The molecule has 0 unspecified atom stereocenters. The maximum absolute atomic E-state index is 11.2. The van der Waals surface area contributed by atoms with E-state index >= 15 is 0 Å². The zero-order valence-corrected chi connectivity index (χ0v) is 10.3. The Morgan fingerprint density at radius 3 is 2.83 bits per heavy atom. The minimum atomic E-state index is -0.839. The van der Waals surface area contributed by atoms with Crippen LogP contribution in [0.4, 0.5) is 0 Å². The largest absolute Gasteiger partial charge is 0.492 e. The predicted octanol–water partition coefficient (Wildman–Crippen LogP) is 2.04. The number of ether oxygens (including phenoxy) is 1. The molecule has 0 radical (unpaired) electrons. The second-order valence-electron chi connectivity index (χ2n) is 5.20. The molecule has 0 spiro atoms. The highest BCUT2D eigenvalue weighted by Gasteiger charge is 2.36. The molecule has 2 aromatic rings. The Morgan fingerprint density at radius 2 is 2.11 bits per heavy atom. The molecule has 0 fully saturated rings. The summed E-state index contributed by atoms with van der Waals surface area (Å²) in [5.74, 6) is 0.618. The molecule has 4 heteroatoms. The van der Waals surface area contributed by atoms with Crippen LogP contribution in [0.2, 0.25) is 0 Å². The van der Waals surface area contributed by atoms with Gasteiger partial charge in [-0.1, -0.05) is 0 Å². The van der Waals surface area contributed by atoms with Gasteiger partial charge in [-0.3, -0.25) is 0 Å². The van der Waals surface area contributed by atoms with Crippen molar-refractivity contribution in [2.45, 2.75) is 25.4 Å². The second kappa shape index (κ2) is 3.59. The van der Waals surface area contributed by atoms with Crippen LogP contribution in [0.15, 0.2) is 33.5 Å². The minimum Gasteiger partial charge on any atom is -0.492 e. The first-order valence-corrected chi connectivity index (χ1v) is 5.88. The molecule has 18 heavy (non-hydrogen) atoms. The Labute approximate surface area is 104 Å². The number of hydrogen-bond acceptors (Lipinski definition) is 4. The minimum absolute atomic E-state index is 0.0659. The van der Waals surface area contributed by atoms with Crippen LogP contribution in [0, 0.1) is 0 Å². The van der Waals surface area contributed by atoms with Crippen molar-refractivity contribution >= 4 is 11.0 Å². The van der Waals surface area contributed by atoms with Gasteiger partial charge in [0.25, 0.3) is 0 Å². The molecule has 1 aliphatic heterocycles. The summed E-state index contributed by atoms with van der Waals surface area (Å²) in [6.07, 6.45) is 0. The summed E-state index contributed by atoms with van der Waals surface area (Å²) < 4.78 is 10.7. The Kier molecular flexibility index (Phi) is 2.25. The lowest BCUT2D eigenvalue weighted by Gasteiger charge is -2.24. The van der Waals surface area contributed by atoms with Crippen molar-refractivity contribution in [1.82, 2.24) is 0 Å². The lowest BCUT2D eigenvalue weighted by molar-refractivity contribution is 0.0422. The van der Waals surface area contributed by atoms with Crippen molar-refractivity contribution < 1.29 is 14.3 Å². The fourth-order valence-corrected chi connectivity index (χ4v) is 2.36. The van der Waals surface area contributed by atoms with Gasteiger partial charge in [0, 0.05) is 23.1 Å². The molecule has 1 aromatic carbocycles. The van der Waals surface area contributed by atoms with E-state index < -0.39 is 5.60 Å². The number of fused-ring (bicyclic) bond motifs is 2. The summed E-state index contributed by atoms with van der Waals surface area (Å²) in [4.78, 5) is 11.2. The van der Waals surface area contributed by atoms with Crippen LogP contribution in [0.1, 0.15) is 25.3 Å². The molecule has 0 saturated heterocycles.